The maximum atomic E-state index is 13.3. The Bertz CT molecular complexity index is 801. The molecule has 0 saturated carbocycles. The molecule has 2 amide bonds. The van der Waals surface area contributed by atoms with Crippen LogP contribution in [0.2, 0.25) is 0 Å². The summed E-state index contributed by atoms with van der Waals surface area (Å²) >= 11 is 0. The average Bonchev–Trinajstić information content (AvgIpc) is 3.06. The van der Waals surface area contributed by atoms with Crippen molar-refractivity contribution < 1.29 is 23.5 Å². The summed E-state index contributed by atoms with van der Waals surface area (Å²) in [5, 5.41) is 13.1. The summed E-state index contributed by atoms with van der Waals surface area (Å²) in [5.74, 6) is -0.397. The van der Waals surface area contributed by atoms with E-state index in [-0.39, 0.29) is 37.1 Å². The highest BCUT2D eigenvalue weighted by molar-refractivity contribution is 5.88. The number of nitrogens with zero attached hydrogens (tertiary/aromatic N) is 1. The Balaban J connectivity index is 1.72. The van der Waals surface area contributed by atoms with E-state index >= 15 is 0 Å². The zero-order chi connectivity index (χ0) is 17.4. The molecular weight excluding hydrogens is 315 g/mol. The summed E-state index contributed by atoms with van der Waals surface area (Å²) in [4.78, 5) is 25.3. The van der Waals surface area contributed by atoms with Gasteiger partial charge in [-0.3, -0.25) is 9.59 Å². The number of amides is 2. The van der Waals surface area contributed by atoms with Crippen molar-refractivity contribution >= 4 is 22.8 Å². The second kappa shape index (κ2) is 6.24. The molecule has 128 valence electrons. The third kappa shape index (κ3) is 2.99. The van der Waals surface area contributed by atoms with E-state index < -0.39 is 12.1 Å². The SMILES string of the molecule is CC(=O)N1C[C@H](O)C[C@@H]1C(=O)NCc1oc2ccc(F)cc2c1C. The van der Waals surface area contributed by atoms with E-state index in [1.165, 1.54) is 24.0 Å². The third-order valence-corrected chi connectivity index (χ3v) is 4.41. The summed E-state index contributed by atoms with van der Waals surface area (Å²) in [6.45, 7) is 3.47. The molecule has 2 atom stereocenters. The first kappa shape index (κ1) is 16.4. The number of likely N-dealkylation sites (tertiary alicyclic amines) is 1. The van der Waals surface area contributed by atoms with Gasteiger partial charge in [-0.1, -0.05) is 0 Å². The van der Waals surface area contributed by atoms with Gasteiger partial charge in [0.15, 0.2) is 0 Å². The fourth-order valence-corrected chi connectivity index (χ4v) is 3.11. The van der Waals surface area contributed by atoms with Crippen LogP contribution in [0.5, 0.6) is 0 Å². The van der Waals surface area contributed by atoms with Gasteiger partial charge < -0.3 is 19.7 Å². The van der Waals surface area contributed by atoms with Gasteiger partial charge in [0.25, 0.3) is 0 Å². The molecule has 7 heteroatoms. The van der Waals surface area contributed by atoms with Crippen LogP contribution in [-0.2, 0) is 16.1 Å². The number of benzene rings is 1. The molecule has 0 spiro atoms. The van der Waals surface area contributed by atoms with E-state index in [4.69, 9.17) is 4.42 Å². The predicted octanol–water partition coefficient (Wildman–Crippen LogP) is 1.48. The first-order valence-corrected chi connectivity index (χ1v) is 7.77. The number of aliphatic hydroxyl groups excluding tert-OH is 1. The molecular formula is C17H19FN2O4. The van der Waals surface area contributed by atoms with Gasteiger partial charge in [0.2, 0.25) is 11.8 Å². The van der Waals surface area contributed by atoms with Crippen LogP contribution >= 0.6 is 0 Å². The maximum Gasteiger partial charge on any atom is 0.243 e. The Kier molecular flexibility index (Phi) is 4.28. The van der Waals surface area contributed by atoms with Crippen LogP contribution in [0.3, 0.4) is 0 Å². The van der Waals surface area contributed by atoms with Gasteiger partial charge in [-0.25, -0.2) is 4.39 Å². The lowest BCUT2D eigenvalue weighted by molar-refractivity contribution is -0.137. The Morgan fingerprint density at radius 2 is 2.21 bits per heavy atom. The summed E-state index contributed by atoms with van der Waals surface area (Å²) in [6.07, 6.45) is -0.476. The van der Waals surface area contributed by atoms with Crippen LogP contribution in [-0.4, -0.2) is 40.5 Å². The number of hydrogen-bond acceptors (Lipinski definition) is 4. The van der Waals surface area contributed by atoms with Crippen molar-refractivity contribution in [2.45, 2.75) is 39.0 Å². The molecule has 1 aromatic heterocycles. The van der Waals surface area contributed by atoms with Gasteiger partial charge in [0.05, 0.1) is 12.6 Å². The van der Waals surface area contributed by atoms with Crippen molar-refractivity contribution in [1.82, 2.24) is 10.2 Å². The van der Waals surface area contributed by atoms with Crippen LogP contribution in [0.15, 0.2) is 22.6 Å². The molecule has 0 radical (unpaired) electrons. The van der Waals surface area contributed by atoms with Gasteiger partial charge >= 0.3 is 0 Å². The number of carbonyl (C=O) groups excluding carboxylic acids is 2. The molecule has 24 heavy (non-hydrogen) atoms. The fourth-order valence-electron chi connectivity index (χ4n) is 3.11. The van der Waals surface area contributed by atoms with Crippen LogP contribution in [0.4, 0.5) is 4.39 Å². The lowest BCUT2D eigenvalue weighted by Crippen LogP contribution is -2.44. The summed E-state index contributed by atoms with van der Waals surface area (Å²) < 4.78 is 19.0. The van der Waals surface area contributed by atoms with Gasteiger partial charge in [-0.2, -0.15) is 0 Å². The number of nitrogens with one attached hydrogen (secondary N) is 1. The van der Waals surface area contributed by atoms with E-state index in [1.54, 1.807) is 13.0 Å². The molecule has 0 aliphatic carbocycles. The molecule has 2 aromatic rings. The van der Waals surface area contributed by atoms with Gasteiger partial charge in [0, 0.05) is 30.8 Å². The molecule has 0 bridgehead atoms. The second-order valence-corrected chi connectivity index (χ2v) is 6.09. The highest BCUT2D eigenvalue weighted by Gasteiger charge is 2.37. The number of hydrogen-bond donors (Lipinski definition) is 2. The molecule has 6 nitrogen and oxygen atoms in total. The highest BCUT2D eigenvalue weighted by Crippen LogP contribution is 2.26. The topological polar surface area (TPSA) is 82.8 Å². The molecule has 3 rings (SSSR count). The quantitative estimate of drug-likeness (QED) is 0.891. The van der Waals surface area contributed by atoms with E-state index in [2.05, 4.69) is 5.32 Å². The zero-order valence-corrected chi connectivity index (χ0v) is 13.5. The smallest absolute Gasteiger partial charge is 0.243 e. The minimum atomic E-state index is -0.694. The number of β-amino-alcohol motifs (C(OH)–C–C–N with tert-alkyl or cyclic N) is 1. The monoisotopic (exact) mass is 334 g/mol. The number of aryl methyl sites for hydroxylation is 1. The van der Waals surface area contributed by atoms with Crippen LogP contribution in [0.1, 0.15) is 24.7 Å². The van der Waals surface area contributed by atoms with Gasteiger partial charge in [-0.15, -0.1) is 0 Å². The third-order valence-electron chi connectivity index (χ3n) is 4.41. The number of aliphatic hydroxyl groups is 1. The first-order valence-electron chi connectivity index (χ1n) is 7.77. The van der Waals surface area contributed by atoms with Crippen LogP contribution in [0.25, 0.3) is 11.0 Å². The molecule has 0 unspecified atom stereocenters. The Hall–Kier alpha value is -2.41. The zero-order valence-electron chi connectivity index (χ0n) is 13.5. The summed E-state index contributed by atoms with van der Waals surface area (Å²) in [7, 11) is 0. The fraction of sp³-hybridized carbons (Fsp3) is 0.412. The Morgan fingerprint density at radius 3 is 2.92 bits per heavy atom. The molecule has 1 aliphatic heterocycles. The normalized spacial score (nSPS) is 20.6. The van der Waals surface area contributed by atoms with E-state index in [0.717, 1.165) is 5.56 Å². The van der Waals surface area contributed by atoms with Crippen molar-refractivity contribution in [3.8, 4) is 0 Å². The molecule has 1 saturated heterocycles. The number of halogens is 1. The number of furan rings is 1. The molecule has 2 heterocycles. The van der Waals surface area contributed by atoms with E-state index in [1.807, 2.05) is 0 Å². The second-order valence-electron chi connectivity index (χ2n) is 6.09. The first-order chi connectivity index (χ1) is 11.4. The molecule has 1 aliphatic rings. The van der Waals surface area contributed by atoms with E-state index in [0.29, 0.717) is 16.7 Å². The van der Waals surface area contributed by atoms with Crippen molar-refractivity contribution in [3.05, 3.63) is 35.3 Å². The maximum absolute atomic E-state index is 13.3. The molecule has 2 N–H and O–H groups in total. The average molecular weight is 334 g/mol. The lowest BCUT2D eigenvalue weighted by Gasteiger charge is -2.21. The number of rotatable bonds is 3. The van der Waals surface area contributed by atoms with Crippen molar-refractivity contribution in [2.75, 3.05) is 6.54 Å². The van der Waals surface area contributed by atoms with Crippen LogP contribution in [0, 0.1) is 12.7 Å². The minimum absolute atomic E-state index is 0.138. The van der Waals surface area contributed by atoms with Gasteiger partial charge in [-0.05, 0) is 25.1 Å². The predicted molar refractivity (Wildman–Crippen MR) is 84.6 cm³/mol. The Morgan fingerprint density at radius 1 is 1.46 bits per heavy atom. The van der Waals surface area contributed by atoms with Crippen molar-refractivity contribution in [3.63, 3.8) is 0 Å². The lowest BCUT2D eigenvalue weighted by atomic mass is 10.1. The Labute approximate surface area is 138 Å². The largest absolute Gasteiger partial charge is 0.459 e. The van der Waals surface area contributed by atoms with Gasteiger partial charge in [0.1, 0.15) is 23.2 Å². The number of fused-ring (bicyclic) bond motifs is 1. The van der Waals surface area contributed by atoms with Crippen LogP contribution < -0.4 is 5.32 Å². The summed E-state index contributed by atoms with van der Waals surface area (Å²) in [6, 6.07) is 3.58. The summed E-state index contributed by atoms with van der Waals surface area (Å²) in [5.41, 5.74) is 1.32. The van der Waals surface area contributed by atoms with Crippen molar-refractivity contribution in [1.29, 1.82) is 0 Å². The minimum Gasteiger partial charge on any atom is -0.459 e. The van der Waals surface area contributed by atoms with E-state index in [9.17, 15) is 19.1 Å². The van der Waals surface area contributed by atoms with Crippen molar-refractivity contribution in [2.24, 2.45) is 0 Å². The molecule has 1 fully saturated rings. The molecule has 1 aromatic carbocycles. The standard InChI is InChI=1S/C17H19FN2O4/c1-9-13-5-11(18)3-4-15(13)24-16(9)7-19-17(23)14-6-12(22)8-20(14)10(2)21/h3-5,12,14,22H,6-8H2,1-2H3,(H,19,23)/t12-,14-/m1/s1. The highest BCUT2D eigenvalue weighted by atomic mass is 19.1. The number of carbonyl (C=O) groups is 2.